The smallest absolute Gasteiger partial charge is 0.0508 e. The fraction of sp³-hybridized carbons (Fsp3) is 0.294. The molecule has 0 fully saturated rings. The largest absolute Gasteiger partial charge is 0.326 e. The molecule has 0 bridgehead atoms. The zero-order chi connectivity index (χ0) is 15.4. The van der Waals surface area contributed by atoms with Gasteiger partial charge < -0.3 is 5.73 Å². The zero-order valence-electron chi connectivity index (χ0n) is 12.3. The molecule has 2 unspecified atom stereocenters. The summed E-state index contributed by atoms with van der Waals surface area (Å²) in [5, 5.41) is 0. The fourth-order valence-electron chi connectivity index (χ4n) is 2.61. The van der Waals surface area contributed by atoms with Gasteiger partial charge in [0.1, 0.15) is 0 Å². The fourth-order valence-corrected chi connectivity index (χ4v) is 3.40. The second-order valence-corrected chi connectivity index (χ2v) is 7.14. The molecule has 0 saturated heterocycles. The first kappa shape index (κ1) is 16.7. The number of likely N-dealkylation sites (N-methyl/N-ethyl adjacent to an activating group) is 1. The average Bonchev–Trinajstić information content (AvgIpc) is 2.43. The van der Waals surface area contributed by atoms with Crippen molar-refractivity contribution >= 4 is 31.9 Å². The molecule has 2 aromatic rings. The Labute approximate surface area is 143 Å². The van der Waals surface area contributed by atoms with Gasteiger partial charge in [-0.1, -0.05) is 62.2 Å². The van der Waals surface area contributed by atoms with Gasteiger partial charge in [-0.2, -0.15) is 0 Å². The lowest BCUT2D eigenvalue weighted by atomic mass is 9.99. The van der Waals surface area contributed by atoms with Gasteiger partial charge >= 0.3 is 0 Å². The van der Waals surface area contributed by atoms with Crippen molar-refractivity contribution in [2.75, 3.05) is 7.05 Å². The normalized spacial score (nSPS) is 14.2. The summed E-state index contributed by atoms with van der Waals surface area (Å²) in [4.78, 5) is 2.30. The first-order chi connectivity index (χ1) is 9.99. The Balaban J connectivity index is 2.22. The van der Waals surface area contributed by atoms with E-state index in [9.17, 15) is 0 Å². The summed E-state index contributed by atoms with van der Waals surface area (Å²) in [7, 11) is 2.12. The molecule has 0 aliphatic rings. The highest BCUT2D eigenvalue weighted by Crippen LogP contribution is 2.30. The van der Waals surface area contributed by atoms with E-state index < -0.39 is 0 Å². The Kier molecular flexibility index (Phi) is 5.99. The van der Waals surface area contributed by atoms with E-state index in [1.54, 1.807) is 0 Å². The minimum absolute atomic E-state index is 0.0455. The Bertz CT molecular complexity index is 582. The van der Waals surface area contributed by atoms with Gasteiger partial charge in [0.05, 0.1) is 6.04 Å². The third-order valence-corrected chi connectivity index (χ3v) is 4.79. The van der Waals surface area contributed by atoms with Crippen LogP contribution in [0.1, 0.15) is 24.1 Å². The Morgan fingerprint density at radius 3 is 2.24 bits per heavy atom. The molecule has 0 amide bonds. The van der Waals surface area contributed by atoms with E-state index in [1.807, 2.05) is 6.07 Å². The summed E-state index contributed by atoms with van der Waals surface area (Å²) in [5.74, 6) is 0. The second-order valence-electron chi connectivity index (χ2n) is 5.37. The van der Waals surface area contributed by atoms with Crippen molar-refractivity contribution in [3.05, 3.63) is 68.6 Å². The summed E-state index contributed by atoms with van der Waals surface area (Å²) < 4.78 is 2.21. The average molecular weight is 412 g/mol. The molecule has 2 N–H and O–H groups in total. The molecule has 0 aromatic heterocycles. The number of benzene rings is 2. The Morgan fingerprint density at radius 1 is 1.05 bits per heavy atom. The van der Waals surface area contributed by atoms with Crippen molar-refractivity contribution in [1.82, 2.24) is 4.90 Å². The SMILES string of the molecule is CC(N)C(c1ccccc1Br)N(C)Cc1ccc(Br)cc1. The first-order valence-corrected chi connectivity index (χ1v) is 8.52. The number of hydrogen-bond donors (Lipinski definition) is 1. The van der Waals surface area contributed by atoms with Crippen molar-refractivity contribution in [2.24, 2.45) is 5.73 Å². The minimum Gasteiger partial charge on any atom is -0.326 e. The van der Waals surface area contributed by atoms with Gasteiger partial charge in [-0.05, 0) is 43.3 Å². The van der Waals surface area contributed by atoms with Crippen LogP contribution in [0, 0.1) is 0 Å². The molecule has 2 aromatic carbocycles. The number of rotatable bonds is 5. The van der Waals surface area contributed by atoms with Crippen LogP contribution in [-0.4, -0.2) is 18.0 Å². The minimum atomic E-state index is 0.0455. The van der Waals surface area contributed by atoms with Crippen molar-refractivity contribution in [3.63, 3.8) is 0 Å². The van der Waals surface area contributed by atoms with Crippen molar-refractivity contribution in [3.8, 4) is 0 Å². The standard InChI is InChI=1S/C17H20Br2N2/c1-12(20)17(15-5-3-4-6-16(15)19)21(2)11-13-7-9-14(18)10-8-13/h3-10,12,17H,11,20H2,1-2H3. The number of hydrogen-bond acceptors (Lipinski definition) is 2. The highest BCUT2D eigenvalue weighted by Gasteiger charge is 2.23. The highest BCUT2D eigenvalue weighted by atomic mass is 79.9. The maximum Gasteiger partial charge on any atom is 0.0508 e. The van der Waals surface area contributed by atoms with Gasteiger partial charge in [0.25, 0.3) is 0 Å². The predicted molar refractivity (Wildman–Crippen MR) is 96.1 cm³/mol. The molecule has 0 saturated carbocycles. The van der Waals surface area contributed by atoms with E-state index in [-0.39, 0.29) is 12.1 Å². The summed E-state index contributed by atoms with van der Waals surface area (Å²) in [6, 6.07) is 16.9. The van der Waals surface area contributed by atoms with E-state index in [0.29, 0.717) is 0 Å². The molecule has 2 rings (SSSR count). The van der Waals surface area contributed by atoms with Gasteiger partial charge in [0.2, 0.25) is 0 Å². The predicted octanol–water partition coefficient (Wildman–Crippen LogP) is 4.73. The second kappa shape index (κ2) is 7.54. The van der Waals surface area contributed by atoms with E-state index in [4.69, 9.17) is 5.73 Å². The quantitative estimate of drug-likeness (QED) is 0.770. The summed E-state index contributed by atoms with van der Waals surface area (Å²) in [6.07, 6.45) is 0. The molecular formula is C17H20Br2N2. The number of nitrogens with two attached hydrogens (primary N) is 1. The topological polar surface area (TPSA) is 29.3 Å². The van der Waals surface area contributed by atoms with Crippen LogP contribution in [0.25, 0.3) is 0 Å². The van der Waals surface area contributed by atoms with Crippen LogP contribution in [-0.2, 0) is 6.54 Å². The van der Waals surface area contributed by atoms with Gasteiger partial charge in [0, 0.05) is 21.5 Å². The lowest BCUT2D eigenvalue weighted by molar-refractivity contribution is 0.210. The molecule has 0 heterocycles. The lowest BCUT2D eigenvalue weighted by Gasteiger charge is -2.32. The summed E-state index contributed by atoms with van der Waals surface area (Å²) in [6.45, 7) is 2.92. The van der Waals surface area contributed by atoms with E-state index in [0.717, 1.165) is 15.5 Å². The van der Waals surface area contributed by atoms with Crippen LogP contribution in [0.2, 0.25) is 0 Å². The van der Waals surface area contributed by atoms with Crippen molar-refractivity contribution in [2.45, 2.75) is 25.6 Å². The van der Waals surface area contributed by atoms with Crippen molar-refractivity contribution in [1.29, 1.82) is 0 Å². The summed E-state index contributed by atoms with van der Waals surface area (Å²) >= 11 is 7.11. The number of halogens is 2. The highest BCUT2D eigenvalue weighted by molar-refractivity contribution is 9.10. The molecule has 2 atom stereocenters. The molecule has 4 heteroatoms. The van der Waals surface area contributed by atoms with E-state index >= 15 is 0 Å². The van der Waals surface area contributed by atoms with Crippen LogP contribution >= 0.6 is 31.9 Å². The van der Waals surface area contributed by atoms with Crippen LogP contribution in [0.5, 0.6) is 0 Å². The Morgan fingerprint density at radius 2 is 1.67 bits per heavy atom. The molecule has 0 aliphatic carbocycles. The molecule has 0 aliphatic heterocycles. The third kappa shape index (κ3) is 4.39. The molecule has 2 nitrogen and oxygen atoms in total. The first-order valence-electron chi connectivity index (χ1n) is 6.93. The van der Waals surface area contributed by atoms with Crippen LogP contribution in [0.4, 0.5) is 0 Å². The van der Waals surface area contributed by atoms with Crippen molar-refractivity contribution < 1.29 is 0 Å². The van der Waals surface area contributed by atoms with E-state index in [2.05, 4.69) is 93.2 Å². The molecule has 0 radical (unpaired) electrons. The zero-order valence-corrected chi connectivity index (χ0v) is 15.4. The van der Waals surface area contributed by atoms with Crippen LogP contribution < -0.4 is 5.73 Å². The molecule has 112 valence electrons. The van der Waals surface area contributed by atoms with E-state index in [1.165, 1.54) is 11.1 Å². The maximum atomic E-state index is 6.25. The van der Waals surface area contributed by atoms with Gasteiger partial charge in [-0.25, -0.2) is 0 Å². The van der Waals surface area contributed by atoms with Gasteiger partial charge in [-0.15, -0.1) is 0 Å². The number of nitrogens with zero attached hydrogens (tertiary/aromatic N) is 1. The molecule has 0 spiro atoms. The Hall–Kier alpha value is -0.680. The van der Waals surface area contributed by atoms with Gasteiger partial charge in [-0.3, -0.25) is 4.90 Å². The molecular weight excluding hydrogens is 392 g/mol. The van der Waals surface area contributed by atoms with Crippen LogP contribution in [0.15, 0.2) is 57.5 Å². The van der Waals surface area contributed by atoms with Gasteiger partial charge in [0.15, 0.2) is 0 Å². The maximum absolute atomic E-state index is 6.25. The lowest BCUT2D eigenvalue weighted by Crippen LogP contribution is -2.37. The van der Waals surface area contributed by atoms with Crippen LogP contribution in [0.3, 0.4) is 0 Å². The molecule has 21 heavy (non-hydrogen) atoms. The monoisotopic (exact) mass is 410 g/mol. The summed E-state index contributed by atoms with van der Waals surface area (Å²) in [5.41, 5.74) is 8.75. The third-order valence-electron chi connectivity index (χ3n) is 3.54.